The second-order valence-corrected chi connectivity index (χ2v) is 9.83. The molecular formula is C25H27ClN2O6S. The molecule has 0 saturated carbocycles. The first kappa shape index (κ1) is 26.3. The standard InChI is InChI=1S/C25H27ClN2O6S/c1-32-22-11-9-19(15-21(22)26)27-25(29)17-28(14-13-18-7-5-4-6-8-18)35(30,31)20-10-12-23(33-2)24(16-20)34-3/h4-12,15-16H,13-14,17H2,1-3H3,(H,27,29). The van der Waals surface area contributed by atoms with Crippen LogP contribution in [-0.4, -0.2) is 53.0 Å². The van der Waals surface area contributed by atoms with Gasteiger partial charge in [0.2, 0.25) is 15.9 Å². The van der Waals surface area contributed by atoms with Crippen molar-refractivity contribution in [3.8, 4) is 17.2 Å². The normalized spacial score (nSPS) is 11.2. The number of amides is 1. The first-order valence-electron chi connectivity index (χ1n) is 10.7. The van der Waals surface area contributed by atoms with Gasteiger partial charge in [-0.1, -0.05) is 41.9 Å². The van der Waals surface area contributed by atoms with E-state index in [2.05, 4.69) is 5.32 Å². The van der Waals surface area contributed by atoms with Crippen LogP contribution in [0.5, 0.6) is 17.2 Å². The van der Waals surface area contributed by atoms with Crippen LogP contribution in [-0.2, 0) is 21.2 Å². The Labute approximate surface area is 210 Å². The third kappa shape index (κ3) is 6.66. The number of halogens is 1. The van der Waals surface area contributed by atoms with Crippen molar-refractivity contribution < 1.29 is 27.4 Å². The summed E-state index contributed by atoms with van der Waals surface area (Å²) in [6, 6.07) is 18.5. The maximum atomic E-state index is 13.6. The molecule has 0 aliphatic heterocycles. The van der Waals surface area contributed by atoms with Gasteiger partial charge in [0.25, 0.3) is 0 Å². The van der Waals surface area contributed by atoms with Crippen LogP contribution in [0.4, 0.5) is 5.69 Å². The number of anilines is 1. The Kier molecular flexibility index (Phi) is 8.97. The molecule has 0 aliphatic rings. The highest BCUT2D eigenvalue weighted by Gasteiger charge is 2.28. The Balaban J connectivity index is 1.86. The molecule has 0 atom stereocenters. The van der Waals surface area contributed by atoms with Gasteiger partial charge in [-0.25, -0.2) is 8.42 Å². The van der Waals surface area contributed by atoms with Crippen molar-refractivity contribution in [3.05, 3.63) is 77.3 Å². The Morgan fingerprint density at radius 1 is 0.886 bits per heavy atom. The summed E-state index contributed by atoms with van der Waals surface area (Å²) >= 11 is 6.14. The van der Waals surface area contributed by atoms with Crippen molar-refractivity contribution in [2.45, 2.75) is 11.3 Å². The van der Waals surface area contributed by atoms with E-state index < -0.39 is 22.5 Å². The lowest BCUT2D eigenvalue weighted by Crippen LogP contribution is -2.39. The molecule has 3 aromatic carbocycles. The van der Waals surface area contributed by atoms with E-state index in [0.29, 0.717) is 28.6 Å². The van der Waals surface area contributed by atoms with Crippen LogP contribution in [0.15, 0.2) is 71.6 Å². The molecule has 3 rings (SSSR count). The molecule has 0 saturated heterocycles. The molecule has 10 heteroatoms. The van der Waals surface area contributed by atoms with Crippen LogP contribution in [0.1, 0.15) is 5.56 Å². The van der Waals surface area contributed by atoms with E-state index in [-0.39, 0.29) is 17.2 Å². The summed E-state index contributed by atoms with van der Waals surface area (Å²) in [6.07, 6.45) is 0.426. The highest BCUT2D eigenvalue weighted by atomic mass is 35.5. The smallest absolute Gasteiger partial charge is 0.243 e. The largest absolute Gasteiger partial charge is 0.495 e. The summed E-state index contributed by atoms with van der Waals surface area (Å²) in [6.45, 7) is -0.301. The number of rotatable bonds is 11. The molecule has 0 unspecified atom stereocenters. The number of ether oxygens (including phenoxy) is 3. The van der Waals surface area contributed by atoms with Crippen molar-refractivity contribution in [2.75, 3.05) is 39.7 Å². The van der Waals surface area contributed by atoms with E-state index in [1.54, 1.807) is 12.1 Å². The number of sulfonamides is 1. The first-order chi connectivity index (χ1) is 16.8. The SMILES string of the molecule is COc1ccc(NC(=O)CN(CCc2ccccc2)S(=O)(=O)c2ccc(OC)c(OC)c2)cc1Cl. The number of carbonyl (C=O) groups is 1. The predicted molar refractivity (Wildman–Crippen MR) is 135 cm³/mol. The Bertz CT molecular complexity index is 1270. The van der Waals surface area contributed by atoms with Crippen LogP contribution in [0.2, 0.25) is 5.02 Å². The van der Waals surface area contributed by atoms with Crippen molar-refractivity contribution >= 4 is 33.2 Å². The molecule has 0 fully saturated rings. The van der Waals surface area contributed by atoms with Gasteiger partial charge in [0.15, 0.2) is 11.5 Å². The van der Waals surface area contributed by atoms with Crippen LogP contribution < -0.4 is 19.5 Å². The average molecular weight is 519 g/mol. The maximum absolute atomic E-state index is 13.6. The van der Waals surface area contributed by atoms with Gasteiger partial charge in [0.1, 0.15) is 5.75 Å². The zero-order chi connectivity index (χ0) is 25.4. The van der Waals surface area contributed by atoms with Gasteiger partial charge in [-0.2, -0.15) is 4.31 Å². The zero-order valence-electron chi connectivity index (χ0n) is 19.7. The maximum Gasteiger partial charge on any atom is 0.243 e. The van der Waals surface area contributed by atoms with Crippen molar-refractivity contribution in [3.63, 3.8) is 0 Å². The molecule has 186 valence electrons. The molecule has 0 radical (unpaired) electrons. The number of nitrogens with one attached hydrogen (secondary N) is 1. The minimum absolute atomic E-state index is 0.0106. The van der Waals surface area contributed by atoms with Gasteiger partial charge >= 0.3 is 0 Å². The minimum Gasteiger partial charge on any atom is -0.495 e. The fourth-order valence-electron chi connectivity index (χ4n) is 3.41. The van der Waals surface area contributed by atoms with Crippen molar-refractivity contribution in [1.82, 2.24) is 4.31 Å². The topological polar surface area (TPSA) is 94.2 Å². The van der Waals surface area contributed by atoms with Gasteiger partial charge in [-0.05, 0) is 42.3 Å². The first-order valence-corrected chi connectivity index (χ1v) is 12.5. The number of nitrogens with zero attached hydrogens (tertiary/aromatic N) is 1. The number of hydrogen-bond donors (Lipinski definition) is 1. The fraction of sp³-hybridized carbons (Fsp3) is 0.240. The number of benzene rings is 3. The molecule has 0 spiro atoms. The van der Waals surface area contributed by atoms with E-state index in [9.17, 15) is 13.2 Å². The summed E-state index contributed by atoms with van der Waals surface area (Å²) in [4.78, 5) is 12.9. The molecule has 0 heterocycles. The van der Waals surface area contributed by atoms with Crippen LogP contribution in [0, 0.1) is 0 Å². The van der Waals surface area contributed by atoms with E-state index in [1.165, 1.54) is 45.6 Å². The number of hydrogen-bond acceptors (Lipinski definition) is 6. The number of methoxy groups -OCH3 is 3. The van der Waals surface area contributed by atoms with Crippen molar-refractivity contribution in [1.29, 1.82) is 0 Å². The van der Waals surface area contributed by atoms with Gasteiger partial charge in [0.05, 0.1) is 37.8 Å². The zero-order valence-corrected chi connectivity index (χ0v) is 21.2. The molecule has 0 aromatic heterocycles. The third-order valence-electron chi connectivity index (χ3n) is 5.24. The van der Waals surface area contributed by atoms with Gasteiger partial charge < -0.3 is 19.5 Å². The van der Waals surface area contributed by atoms with Crippen molar-refractivity contribution in [2.24, 2.45) is 0 Å². The van der Waals surface area contributed by atoms with E-state index >= 15 is 0 Å². The molecular weight excluding hydrogens is 492 g/mol. The molecule has 0 bridgehead atoms. The summed E-state index contributed by atoms with van der Waals surface area (Å²) in [5, 5.41) is 3.02. The molecule has 3 aromatic rings. The van der Waals surface area contributed by atoms with E-state index in [4.69, 9.17) is 25.8 Å². The lowest BCUT2D eigenvalue weighted by atomic mass is 10.1. The Hall–Kier alpha value is -3.27. The molecule has 1 amide bonds. The van der Waals surface area contributed by atoms with Crippen LogP contribution in [0.3, 0.4) is 0 Å². The predicted octanol–water partition coefficient (Wildman–Crippen LogP) is 4.24. The Morgan fingerprint density at radius 3 is 2.17 bits per heavy atom. The van der Waals surface area contributed by atoms with Gasteiger partial charge in [-0.15, -0.1) is 0 Å². The third-order valence-corrected chi connectivity index (χ3v) is 7.38. The van der Waals surface area contributed by atoms with Gasteiger partial charge in [-0.3, -0.25) is 4.79 Å². The molecule has 1 N–H and O–H groups in total. The minimum atomic E-state index is -4.04. The molecule has 0 aliphatic carbocycles. The molecule has 35 heavy (non-hydrogen) atoms. The lowest BCUT2D eigenvalue weighted by molar-refractivity contribution is -0.116. The highest BCUT2D eigenvalue weighted by molar-refractivity contribution is 7.89. The lowest BCUT2D eigenvalue weighted by Gasteiger charge is -2.22. The quantitative estimate of drug-likeness (QED) is 0.408. The fourth-order valence-corrected chi connectivity index (χ4v) is 5.08. The summed E-state index contributed by atoms with van der Waals surface area (Å²) in [5.41, 5.74) is 1.37. The second kappa shape index (κ2) is 11.9. The van der Waals surface area contributed by atoms with Gasteiger partial charge in [0, 0.05) is 18.3 Å². The summed E-state index contributed by atoms with van der Waals surface area (Å²) in [7, 11) is 0.337. The Morgan fingerprint density at radius 2 is 1.54 bits per heavy atom. The monoisotopic (exact) mass is 518 g/mol. The van der Waals surface area contributed by atoms with E-state index in [0.717, 1.165) is 9.87 Å². The summed E-state index contributed by atoms with van der Waals surface area (Å²) in [5.74, 6) is 0.624. The summed E-state index contributed by atoms with van der Waals surface area (Å²) < 4.78 is 43.9. The molecule has 8 nitrogen and oxygen atoms in total. The highest BCUT2D eigenvalue weighted by Crippen LogP contribution is 2.31. The average Bonchev–Trinajstić information content (AvgIpc) is 2.86. The van der Waals surface area contributed by atoms with E-state index in [1.807, 2.05) is 30.3 Å². The van der Waals surface area contributed by atoms with Crippen LogP contribution in [0.25, 0.3) is 0 Å². The van der Waals surface area contributed by atoms with Crippen LogP contribution >= 0.6 is 11.6 Å². The number of carbonyl (C=O) groups excluding carboxylic acids is 1. The second-order valence-electron chi connectivity index (χ2n) is 7.49.